The van der Waals surface area contributed by atoms with E-state index in [1.807, 2.05) is 68.4 Å². The van der Waals surface area contributed by atoms with Crippen molar-refractivity contribution >= 4 is 22.8 Å². The number of fused-ring (bicyclic) bond motifs is 1. The van der Waals surface area contributed by atoms with Crippen LogP contribution in [0.15, 0.2) is 78.9 Å². The number of esters is 1. The molecule has 0 saturated heterocycles. The van der Waals surface area contributed by atoms with E-state index in [0.717, 1.165) is 35.2 Å². The van der Waals surface area contributed by atoms with E-state index in [1.54, 1.807) is 24.3 Å². The highest BCUT2D eigenvalue weighted by Gasteiger charge is 2.22. The molecule has 1 atom stereocenters. The molecule has 0 bridgehead atoms. The zero-order chi connectivity index (χ0) is 26.9. The van der Waals surface area contributed by atoms with Gasteiger partial charge in [-0.05, 0) is 67.6 Å². The van der Waals surface area contributed by atoms with Gasteiger partial charge in [-0.15, -0.1) is 0 Å². The Morgan fingerprint density at radius 2 is 1.55 bits per heavy atom. The molecule has 0 aliphatic heterocycles. The Labute approximate surface area is 223 Å². The third-order valence-electron chi connectivity index (χ3n) is 6.47. The predicted octanol–water partition coefficient (Wildman–Crippen LogP) is 6.12. The van der Waals surface area contributed by atoms with Crippen LogP contribution in [0.1, 0.15) is 48.6 Å². The fourth-order valence-corrected chi connectivity index (χ4v) is 4.39. The molecule has 1 N–H and O–H groups in total. The molecule has 1 amide bonds. The van der Waals surface area contributed by atoms with Gasteiger partial charge in [-0.1, -0.05) is 50.2 Å². The van der Waals surface area contributed by atoms with Gasteiger partial charge >= 0.3 is 5.97 Å². The van der Waals surface area contributed by atoms with Crippen molar-refractivity contribution < 1.29 is 19.1 Å². The molecule has 0 radical (unpaired) electrons. The number of hydrogen-bond donors (Lipinski definition) is 1. The molecule has 4 rings (SSSR count). The van der Waals surface area contributed by atoms with Crippen molar-refractivity contribution in [3.8, 4) is 11.5 Å². The number of para-hydroxylation sites is 2. The lowest BCUT2D eigenvalue weighted by Crippen LogP contribution is -2.24. The summed E-state index contributed by atoms with van der Waals surface area (Å²) in [6, 6.07) is 24.3. The Hall–Kier alpha value is -4.26. The lowest BCUT2D eigenvalue weighted by atomic mass is 9.90. The third-order valence-corrected chi connectivity index (χ3v) is 6.47. The second-order valence-electron chi connectivity index (χ2n) is 9.49. The van der Waals surface area contributed by atoms with Gasteiger partial charge in [-0.25, -0.2) is 9.97 Å². The van der Waals surface area contributed by atoms with E-state index < -0.39 is 0 Å². The molecule has 3 aromatic carbocycles. The van der Waals surface area contributed by atoms with E-state index in [9.17, 15) is 9.59 Å². The van der Waals surface area contributed by atoms with Crippen LogP contribution in [-0.2, 0) is 22.5 Å². The highest BCUT2D eigenvalue weighted by molar-refractivity contribution is 5.94. The van der Waals surface area contributed by atoms with Gasteiger partial charge in [-0.2, -0.15) is 0 Å². The van der Waals surface area contributed by atoms with Crippen LogP contribution in [0.4, 0.5) is 0 Å². The van der Waals surface area contributed by atoms with Gasteiger partial charge in [0.25, 0.3) is 5.91 Å². The van der Waals surface area contributed by atoms with Gasteiger partial charge in [0.2, 0.25) is 0 Å². The van der Waals surface area contributed by atoms with Gasteiger partial charge in [0.1, 0.15) is 17.3 Å². The van der Waals surface area contributed by atoms with Crippen LogP contribution in [0.5, 0.6) is 11.5 Å². The molecule has 0 aliphatic rings. The quantitative estimate of drug-likeness (QED) is 0.244. The number of carbonyl (C=O) groups excluding carboxylic acids is 2. The van der Waals surface area contributed by atoms with Crippen LogP contribution >= 0.6 is 0 Å². The van der Waals surface area contributed by atoms with Crippen LogP contribution in [0.2, 0.25) is 0 Å². The topological polar surface area (TPSA) is 90.4 Å². The minimum atomic E-state index is -0.215. The number of aromatic nitrogens is 2. The van der Waals surface area contributed by atoms with Crippen LogP contribution < -0.4 is 10.1 Å². The first kappa shape index (κ1) is 26.8. The van der Waals surface area contributed by atoms with Crippen molar-refractivity contribution in [2.24, 2.45) is 11.8 Å². The second kappa shape index (κ2) is 12.8. The normalized spacial score (nSPS) is 11.8. The molecule has 1 heterocycles. The van der Waals surface area contributed by atoms with Gasteiger partial charge in [0.15, 0.2) is 0 Å². The lowest BCUT2D eigenvalue weighted by molar-refractivity contribution is -0.147. The first-order valence-corrected chi connectivity index (χ1v) is 12.9. The number of amides is 1. The fourth-order valence-electron chi connectivity index (χ4n) is 4.39. The summed E-state index contributed by atoms with van der Waals surface area (Å²) in [5.74, 6) is 1.61. The molecular formula is C31H33N3O4. The number of rotatable bonds is 11. The minimum Gasteiger partial charge on any atom is -0.469 e. The molecule has 0 fully saturated rings. The Kier molecular flexibility index (Phi) is 9.03. The summed E-state index contributed by atoms with van der Waals surface area (Å²) in [7, 11) is 1.43. The third kappa shape index (κ3) is 6.94. The zero-order valence-electron chi connectivity index (χ0n) is 22.0. The van der Waals surface area contributed by atoms with E-state index in [4.69, 9.17) is 14.5 Å². The van der Waals surface area contributed by atoms with Gasteiger partial charge in [0.05, 0.1) is 30.8 Å². The van der Waals surface area contributed by atoms with Crippen molar-refractivity contribution in [1.82, 2.24) is 15.3 Å². The number of methoxy groups -OCH3 is 1. The summed E-state index contributed by atoms with van der Waals surface area (Å²) in [4.78, 5) is 34.3. The maximum atomic E-state index is 12.8. The number of hydrogen-bond acceptors (Lipinski definition) is 6. The number of benzene rings is 3. The number of nitrogens with zero attached hydrogens (tertiary/aromatic N) is 2. The summed E-state index contributed by atoms with van der Waals surface area (Å²) < 4.78 is 10.8. The summed E-state index contributed by atoms with van der Waals surface area (Å²) in [6.45, 7) is 4.27. The SMILES string of the molecule is COC(=O)C(CCCc1nc(CNC(=O)c2ccc(Oc3ccccc3)cc2)nc2ccccc12)C(C)C. The number of nitrogens with one attached hydrogen (secondary N) is 1. The molecule has 0 aliphatic carbocycles. The first-order valence-electron chi connectivity index (χ1n) is 12.9. The van der Waals surface area contributed by atoms with Crippen LogP contribution in [0.3, 0.4) is 0 Å². The Balaban J connectivity index is 1.41. The molecule has 38 heavy (non-hydrogen) atoms. The van der Waals surface area contributed by atoms with Crippen LogP contribution in [0.25, 0.3) is 10.9 Å². The van der Waals surface area contributed by atoms with Gasteiger partial charge < -0.3 is 14.8 Å². The molecular weight excluding hydrogens is 478 g/mol. The van der Waals surface area contributed by atoms with E-state index in [2.05, 4.69) is 10.3 Å². The Morgan fingerprint density at radius 3 is 2.26 bits per heavy atom. The van der Waals surface area contributed by atoms with Crippen molar-refractivity contribution in [3.05, 3.63) is 95.9 Å². The monoisotopic (exact) mass is 511 g/mol. The van der Waals surface area contributed by atoms with E-state index in [-0.39, 0.29) is 30.3 Å². The predicted molar refractivity (Wildman–Crippen MR) is 147 cm³/mol. The van der Waals surface area contributed by atoms with Gasteiger partial charge in [-0.3, -0.25) is 9.59 Å². The fraction of sp³-hybridized carbons (Fsp3) is 0.290. The number of aryl methyl sites for hydroxylation is 1. The summed E-state index contributed by atoms with van der Waals surface area (Å²) >= 11 is 0. The molecule has 1 aromatic heterocycles. The van der Waals surface area contributed by atoms with E-state index in [1.165, 1.54) is 7.11 Å². The van der Waals surface area contributed by atoms with E-state index in [0.29, 0.717) is 23.6 Å². The Bertz CT molecular complexity index is 1370. The molecule has 7 nitrogen and oxygen atoms in total. The van der Waals surface area contributed by atoms with Gasteiger partial charge in [0, 0.05) is 10.9 Å². The van der Waals surface area contributed by atoms with E-state index >= 15 is 0 Å². The average Bonchev–Trinajstić information content (AvgIpc) is 2.94. The first-order chi connectivity index (χ1) is 18.4. The largest absolute Gasteiger partial charge is 0.469 e. The average molecular weight is 512 g/mol. The number of ether oxygens (including phenoxy) is 2. The van der Waals surface area contributed by atoms with Crippen molar-refractivity contribution in [2.75, 3.05) is 7.11 Å². The molecule has 1 unspecified atom stereocenters. The number of carbonyl (C=O) groups is 2. The molecule has 7 heteroatoms. The molecule has 4 aromatic rings. The van der Waals surface area contributed by atoms with Crippen molar-refractivity contribution in [3.63, 3.8) is 0 Å². The van der Waals surface area contributed by atoms with Crippen molar-refractivity contribution in [1.29, 1.82) is 0 Å². The maximum absolute atomic E-state index is 12.8. The highest BCUT2D eigenvalue weighted by atomic mass is 16.5. The second-order valence-corrected chi connectivity index (χ2v) is 9.49. The molecule has 0 saturated carbocycles. The zero-order valence-corrected chi connectivity index (χ0v) is 22.0. The van der Waals surface area contributed by atoms with Crippen molar-refractivity contribution in [2.45, 2.75) is 39.7 Å². The maximum Gasteiger partial charge on any atom is 0.308 e. The van der Waals surface area contributed by atoms with Crippen LogP contribution in [-0.4, -0.2) is 29.0 Å². The minimum absolute atomic E-state index is 0.142. The standard InChI is InChI=1S/C31H33N3O4/c1-21(2)25(31(36)37-3)13-9-15-28-26-12-7-8-14-27(26)33-29(34-28)20-32-30(35)22-16-18-24(19-17-22)38-23-10-5-4-6-11-23/h4-8,10-12,14,16-19,21,25H,9,13,15,20H2,1-3H3,(H,32,35). The molecule has 0 spiro atoms. The van der Waals surface area contributed by atoms with Crippen LogP contribution in [0, 0.1) is 11.8 Å². The lowest BCUT2D eigenvalue weighted by Gasteiger charge is -2.18. The Morgan fingerprint density at radius 1 is 0.868 bits per heavy atom. The molecule has 196 valence electrons. The summed E-state index contributed by atoms with van der Waals surface area (Å²) in [5, 5.41) is 3.90. The summed E-state index contributed by atoms with van der Waals surface area (Å²) in [6.07, 6.45) is 2.22. The summed E-state index contributed by atoms with van der Waals surface area (Å²) in [5.41, 5.74) is 2.26. The highest BCUT2D eigenvalue weighted by Crippen LogP contribution is 2.23. The smallest absolute Gasteiger partial charge is 0.308 e.